The molecule has 1 unspecified atom stereocenters. The third-order valence-corrected chi connectivity index (χ3v) is 7.13. The van der Waals surface area contributed by atoms with Crippen molar-refractivity contribution in [2.45, 2.75) is 103 Å². The number of aromatic nitrogens is 2. The molecule has 2 nitrogen and oxygen atoms in total. The van der Waals surface area contributed by atoms with E-state index in [-0.39, 0.29) is 0 Å². The average Bonchev–Trinajstić information content (AvgIpc) is 3.15. The molecule has 1 heterocycles. The maximum Gasteiger partial charge on any atom is 0.117 e. The van der Waals surface area contributed by atoms with Gasteiger partial charge in [0.1, 0.15) is 10.0 Å². The first-order valence-corrected chi connectivity index (χ1v) is 12.0. The lowest BCUT2D eigenvalue weighted by Gasteiger charge is -2.26. The van der Waals surface area contributed by atoms with Gasteiger partial charge in [0, 0.05) is 12.8 Å². The third-order valence-electron chi connectivity index (χ3n) is 6.09. The Balaban J connectivity index is 1.77. The molecule has 1 fully saturated rings. The molecule has 1 aromatic carbocycles. The van der Waals surface area contributed by atoms with Crippen molar-refractivity contribution in [3.8, 4) is 0 Å². The normalized spacial score (nSPS) is 16.6. The molecule has 0 amide bonds. The van der Waals surface area contributed by atoms with Crippen LogP contribution in [0.5, 0.6) is 0 Å². The van der Waals surface area contributed by atoms with Crippen LogP contribution in [0, 0.1) is 0 Å². The molecule has 2 aromatic rings. The van der Waals surface area contributed by atoms with Gasteiger partial charge in [0.05, 0.1) is 0 Å². The van der Waals surface area contributed by atoms with Gasteiger partial charge in [-0.2, -0.15) is 0 Å². The van der Waals surface area contributed by atoms with E-state index in [4.69, 9.17) is 0 Å². The highest BCUT2D eigenvalue weighted by molar-refractivity contribution is 7.11. The fourth-order valence-electron chi connectivity index (χ4n) is 4.49. The van der Waals surface area contributed by atoms with Crippen LogP contribution >= 0.6 is 11.3 Å². The first kappa shape index (κ1) is 20.5. The van der Waals surface area contributed by atoms with Crippen LogP contribution in [0.2, 0.25) is 0 Å². The molecule has 1 atom stereocenters. The van der Waals surface area contributed by atoms with Crippen molar-refractivity contribution in [1.29, 1.82) is 0 Å². The number of hydrogen-bond donors (Lipinski definition) is 0. The summed E-state index contributed by atoms with van der Waals surface area (Å²) < 4.78 is 0. The van der Waals surface area contributed by atoms with E-state index >= 15 is 0 Å². The van der Waals surface area contributed by atoms with Crippen molar-refractivity contribution in [1.82, 2.24) is 10.2 Å². The number of nitrogens with zero attached hydrogens (tertiary/aromatic N) is 2. The predicted octanol–water partition coefficient (Wildman–Crippen LogP) is 7.23. The van der Waals surface area contributed by atoms with Crippen molar-refractivity contribution < 1.29 is 0 Å². The van der Waals surface area contributed by atoms with E-state index in [0.29, 0.717) is 5.92 Å². The lowest BCUT2D eigenvalue weighted by atomic mass is 9.79. The molecule has 0 aliphatic heterocycles. The largest absolute Gasteiger partial charge is 0.144 e. The van der Waals surface area contributed by atoms with E-state index in [0.717, 1.165) is 31.6 Å². The molecule has 1 aliphatic carbocycles. The second kappa shape index (κ2) is 10.4. The Hall–Kier alpha value is -1.22. The Bertz CT molecular complexity index is 700. The number of aryl methyl sites for hydroxylation is 3. The quantitative estimate of drug-likeness (QED) is 0.456. The highest BCUT2D eigenvalue weighted by atomic mass is 32.1. The smallest absolute Gasteiger partial charge is 0.117 e. The zero-order chi connectivity index (χ0) is 19.1. The summed E-state index contributed by atoms with van der Waals surface area (Å²) in [5.41, 5.74) is 4.75. The fourth-order valence-corrected chi connectivity index (χ4v) is 5.43. The zero-order valence-electron chi connectivity index (χ0n) is 17.5. The standard InChI is InChI=1S/C24H36N2S/c1-4-9-18(3)21-14-13-20(22(17-21)19-11-7-6-8-12-19)15-16-24-26-25-23(27-24)10-5-2/h13-14,17-19H,4-12,15-16H2,1-3H3. The van der Waals surface area contributed by atoms with Gasteiger partial charge in [-0.1, -0.05) is 64.7 Å². The van der Waals surface area contributed by atoms with E-state index < -0.39 is 0 Å². The van der Waals surface area contributed by atoms with Crippen molar-refractivity contribution >= 4 is 11.3 Å². The Morgan fingerprint density at radius 3 is 2.41 bits per heavy atom. The average molecular weight is 385 g/mol. The summed E-state index contributed by atoms with van der Waals surface area (Å²) in [6.45, 7) is 6.89. The minimum Gasteiger partial charge on any atom is -0.144 e. The lowest BCUT2D eigenvalue weighted by Crippen LogP contribution is -2.09. The first-order chi connectivity index (χ1) is 13.2. The summed E-state index contributed by atoms with van der Waals surface area (Å²) in [5.74, 6) is 1.44. The molecular weight excluding hydrogens is 348 g/mol. The zero-order valence-corrected chi connectivity index (χ0v) is 18.3. The van der Waals surface area contributed by atoms with Crippen LogP contribution in [0.4, 0.5) is 0 Å². The van der Waals surface area contributed by atoms with Crippen molar-refractivity contribution in [2.24, 2.45) is 0 Å². The van der Waals surface area contributed by atoms with Gasteiger partial charge in [-0.15, -0.1) is 21.5 Å². The van der Waals surface area contributed by atoms with Crippen LogP contribution < -0.4 is 0 Å². The Morgan fingerprint density at radius 2 is 1.70 bits per heavy atom. The maximum atomic E-state index is 4.43. The Morgan fingerprint density at radius 1 is 0.963 bits per heavy atom. The molecule has 0 N–H and O–H groups in total. The van der Waals surface area contributed by atoms with E-state index in [2.05, 4.69) is 49.2 Å². The summed E-state index contributed by atoms with van der Waals surface area (Å²) >= 11 is 1.81. The van der Waals surface area contributed by atoms with Crippen molar-refractivity contribution in [3.05, 3.63) is 44.9 Å². The van der Waals surface area contributed by atoms with E-state index in [9.17, 15) is 0 Å². The molecule has 27 heavy (non-hydrogen) atoms. The van der Waals surface area contributed by atoms with Gasteiger partial charge in [-0.05, 0) is 60.6 Å². The fraction of sp³-hybridized carbons (Fsp3) is 0.667. The SMILES string of the molecule is CCCc1nnc(CCc2ccc(C(C)CCC)cc2C2CCCCC2)s1. The highest BCUT2D eigenvalue weighted by Crippen LogP contribution is 2.37. The monoisotopic (exact) mass is 384 g/mol. The van der Waals surface area contributed by atoms with Gasteiger partial charge < -0.3 is 0 Å². The highest BCUT2D eigenvalue weighted by Gasteiger charge is 2.20. The Labute approximate surface area is 169 Å². The second-order valence-corrected chi connectivity index (χ2v) is 9.47. The van der Waals surface area contributed by atoms with Gasteiger partial charge in [-0.25, -0.2) is 0 Å². The molecule has 1 saturated carbocycles. The molecular formula is C24H36N2S. The molecule has 0 bridgehead atoms. The van der Waals surface area contributed by atoms with Crippen molar-refractivity contribution in [3.63, 3.8) is 0 Å². The minimum absolute atomic E-state index is 0.672. The van der Waals surface area contributed by atoms with Gasteiger partial charge in [0.25, 0.3) is 0 Å². The number of rotatable bonds is 9. The van der Waals surface area contributed by atoms with Crippen LogP contribution in [0.25, 0.3) is 0 Å². The summed E-state index contributed by atoms with van der Waals surface area (Å²) in [4.78, 5) is 0. The number of hydrogen-bond acceptors (Lipinski definition) is 3. The molecule has 0 radical (unpaired) electrons. The summed E-state index contributed by atoms with van der Waals surface area (Å²) in [6.07, 6.45) is 13.9. The molecule has 148 valence electrons. The van der Waals surface area contributed by atoms with Crippen LogP contribution in [-0.2, 0) is 19.3 Å². The number of benzene rings is 1. The molecule has 1 aliphatic rings. The molecule has 3 heteroatoms. The van der Waals surface area contributed by atoms with Gasteiger partial charge in [-0.3, -0.25) is 0 Å². The second-order valence-electron chi connectivity index (χ2n) is 8.32. The minimum atomic E-state index is 0.672. The Kier molecular flexibility index (Phi) is 7.87. The van der Waals surface area contributed by atoms with Crippen LogP contribution in [0.3, 0.4) is 0 Å². The molecule has 0 saturated heterocycles. The van der Waals surface area contributed by atoms with E-state index in [1.807, 2.05) is 11.3 Å². The van der Waals surface area contributed by atoms with E-state index in [1.165, 1.54) is 55.0 Å². The van der Waals surface area contributed by atoms with E-state index in [1.54, 1.807) is 16.7 Å². The molecule has 3 rings (SSSR count). The topological polar surface area (TPSA) is 25.8 Å². The summed E-state index contributed by atoms with van der Waals surface area (Å²) in [7, 11) is 0. The van der Waals surface area contributed by atoms with Crippen LogP contribution in [0.15, 0.2) is 18.2 Å². The summed E-state index contributed by atoms with van der Waals surface area (Å²) in [5, 5.41) is 11.2. The maximum absolute atomic E-state index is 4.43. The summed E-state index contributed by atoms with van der Waals surface area (Å²) in [6, 6.07) is 7.39. The van der Waals surface area contributed by atoms with Crippen LogP contribution in [0.1, 0.15) is 111 Å². The van der Waals surface area contributed by atoms with Gasteiger partial charge in [0.2, 0.25) is 0 Å². The van der Waals surface area contributed by atoms with Crippen LogP contribution in [-0.4, -0.2) is 10.2 Å². The molecule has 1 aromatic heterocycles. The first-order valence-electron chi connectivity index (χ1n) is 11.1. The third kappa shape index (κ3) is 5.63. The van der Waals surface area contributed by atoms with Gasteiger partial charge in [0.15, 0.2) is 0 Å². The predicted molar refractivity (Wildman–Crippen MR) is 117 cm³/mol. The lowest BCUT2D eigenvalue weighted by molar-refractivity contribution is 0.441. The van der Waals surface area contributed by atoms with Gasteiger partial charge >= 0.3 is 0 Å². The van der Waals surface area contributed by atoms with Crippen molar-refractivity contribution in [2.75, 3.05) is 0 Å². The molecule has 0 spiro atoms.